The van der Waals surface area contributed by atoms with Crippen LogP contribution in [0.3, 0.4) is 0 Å². The Morgan fingerprint density at radius 2 is 1.89 bits per heavy atom. The fraction of sp³-hybridized carbons (Fsp3) is 0. The van der Waals surface area contributed by atoms with Crippen LogP contribution in [0.5, 0.6) is 0 Å². The van der Waals surface area contributed by atoms with Gasteiger partial charge in [0.15, 0.2) is 0 Å². The largest absolute Gasteiger partial charge is 0.384 e. The molecule has 1 aromatic carbocycles. The third-order valence-corrected chi connectivity index (χ3v) is 3.13. The van der Waals surface area contributed by atoms with Crippen molar-refractivity contribution in [2.75, 3.05) is 11.1 Å². The van der Waals surface area contributed by atoms with Crippen LogP contribution >= 0.6 is 11.6 Å². The molecule has 0 aliphatic heterocycles. The molecule has 94 valence electrons. The maximum absolute atomic E-state index is 6.17. The monoisotopic (exact) mass is 270 g/mol. The van der Waals surface area contributed by atoms with Gasteiger partial charge in [0.05, 0.1) is 11.9 Å². The van der Waals surface area contributed by atoms with Gasteiger partial charge in [-0.05, 0) is 24.3 Å². The van der Waals surface area contributed by atoms with Crippen molar-refractivity contribution in [2.45, 2.75) is 0 Å². The molecule has 0 unspecified atom stereocenters. The summed E-state index contributed by atoms with van der Waals surface area (Å²) in [7, 11) is 0. The quantitative estimate of drug-likeness (QED) is 0.747. The van der Waals surface area contributed by atoms with Gasteiger partial charge in [0.1, 0.15) is 11.6 Å². The average Bonchev–Trinajstić information content (AvgIpc) is 2.43. The van der Waals surface area contributed by atoms with E-state index in [9.17, 15) is 0 Å². The van der Waals surface area contributed by atoms with Crippen molar-refractivity contribution in [2.24, 2.45) is 0 Å². The van der Waals surface area contributed by atoms with Crippen molar-refractivity contribution < 1.29 is 0 Å². The van der Waals surface area contributed by atoms with Crippen molar-refractivity contribution in [1.29, 1.82) is 0 Å². The second kappa shape index (κ2) is 4.74. The number of benzene rings is 1. The SMILES string of the molecule is Nc1ccc(Nc2nccc3c(Cl)cccc23)cn1. The lowest BCUT2D eigenvalue weighted by molar-refractivity contribution is 1.30. The summed E-state index contributed by atoms with van der Waals surface area (Å²) in [4.78, 5) is 8.37. The van der Waals surface area contributed by atoms with E-state index in [2.05, 4.69) is 15.3 Å². The molecule has 0 radical (unpaired) electrons. The van der Waals surface area contributed by atoms with Crippen LogP contribution in [0.15, 0.2) is 48.8 Å². The van der Waals surface area contributed by atoms with Crippen molar-refractivity contribution in [3.8, 4) is 0 Å². The average molecular weight is 271 g/mol. The highest BCUT2D eigenvalue weighted by molar-refractivity contribution is 6.35. The van der Waals surface area contributed by atoms with Gasteiger partial charge in [-0.1, -0.05) is 23.7 Å². The van der Waals surface area contributed by atoms with E-state index in [4.69, 9.17) is 17.3 Å². The summed E-state index contributed by atoms with van der Waals surface area (Å²) in [6.07, 6.45) is 3.39. The van der Waals surface area contributed by atoms with E-state index in [0.29, 0.717) is 10.8 Å². The summed E-state index contributed by atoms with van der Waals surface area (Å²) in [6, 6.07) is 11.2. The van der Waals surface area contributed by atoms with E-state index >= 15 is 0 Å². The first kappa shape index (κ1) is 11.7. The summed E-state index contributed by atoms with van der Waals surface area (Å²) >= 11 is 6.17. The van der Waals surface area contributed by atoms with Crippen LogP contribution < -0.4 is 11.1 Å². The molecule has 3 N–H and O–H groups in total. The summed E-state index contributed by atoms with van der Waals surface area (Å²) in [5.41, 5.74) is 6.39. The van der Waals surface area contributed by atoms with Gasteiger partial charge < -0.3 is 11.1 Å². The third kappa shape index (κ3) is 2.30. The standard InChI is InChI=1S/C14H11ClN4/c15-12-3-1-2-11-10(12)6-7-17-14(11)19-9-4-5-13(16)18-8-9/h1-8H,(H2,16,18)(H,17,19). The third-order valence-electron chi connectivity index (χ3n) is 2.80. The Balaban J connectivity index is 2.06. The number of aromatic nitrogens is 2. The Labute approximate surface area is 115 Å². The molecule has 0 aliphatic carbocycles. The van der Waals surface area contributed by atoms with E-state index in [0.717, 1.165) is 22.3 Å². The fourth-order valence-electron chi connectivity index (χ4n) is 1.88. The molecule has 0 spiro atoms. The van der Waals surface area contributed by atoms with Gasteiger partial charge in [-0.25, -0.2) is 9.97 Å². The van der Waals surface area contributed by atoms with Gasteiger partial charge in [0, 0.05) is 22.0 Å². The predicted molar refractivity (Wildman–Crippen MR) is 78.7 cm³/mol. The maximum Gasteiger partial charge on any atom is 0.138 e. The number of hydrogen-bond donors (Lipinski definition) is 2. The Kier molecular flexibility index (Phi) is 2.93. The molecule has 5 heteroatoms. The first-order valence-corrected chi connectivity index (χ1v) is 6.13. The van der Waals surface area contributed by atoms with E-state index in [1.807, 2.05) is 30.3 Å². The number of halogens is 1. The molecule has 3 rings (SSSR count). The molecule has 19 heavy (non-hydrogen) atoms. The molecule has 4 nitrogen and oxygen atoms in total. The van der Waals surface area contributed by atoms with E-state index in [1.54, 1.807) is 18.5 Å². The minimum Gasteiger partial charge on any atom is -0.384 e. The lowest BCUT2D eigenvalue weighted by atomic mass is 10.1. The van der Waals surface area contributed by atoms with Gasteiger partial charge in [0.2, 0.25) is 0 Å². The van der Waals surface area contributed by atoms with E-state index in [-0.39, 0.29) is 0 Å². The highest BCUT2D eigenvalue weighted by atomic mass is 35.5. The Morgan fingerprint density at radius 1 is 1.00 bits per heavy atom. The van der Waals surface area contributed by atoms with Crippen LogP contribution in [0, 0.1) is 0 Å². The smallest absolute Gasteiger partial charge is 0.138 e. The van der Waals surface area contributed by atoms with Crippen molar-refractivity contribution in [1.82, 2.24) is 9.97 Å². The minimum atomic E-state index is 0.486. The molecule has 2 heterocycles. The van der Waals surface area contributed by atoms with Crippen molar-refractivity contribution in [3.63, 3.8) is 0 Å². The normalized spacial score (nSPS) is 10.6. The second-order valence-corrected chi connectivity index (χ2v) is 4.50. The van der Waals surface area contributed by atoms with Gasteiger partial charge in [-0.3, -0.25) is 0 Å². The van der Waals surface area contributed by atoms with E-state index < -0.39 is 0 Å². The molecule has 0 fully saturated rings. The lowest BCUT2D eigenvalue weighted by Gasteiger charge is -2.09. The van der Waals surface area contributed by atoms with Crippen molar-refractivity contribution >= 4 is 39.7 Å². The second-order valence-electron chi connectivity index (χ2n) is 4.09. The Morgan fingerprint density at radius 3 is 2.68 bits per heavy atom. The molecule has 3 aromatic rings. The van der Waals surface area contributed by atoms with Gasteiger partial charge >= 0.3 is 0 Å². The Hall–Kier alpha value is -2.33. The number of nitrogen functional groups attached to an aromatic ring is 1. The minimum absolute atomic E-state index is 0.486. The van der Waals surface area contributed by atoms with Crippen LogP contribution in [0.1, 0.15) is 0 Å². The number of hydrogen-bond acceptors (Lipinski definition) is 4. The van der Waals surface area contributed by atoms with Gasteiger partial charge in [-0.15, -0.1) is 0 Å². The lowest BCUT2D eigenvalue weighted by Crippen LogP contribution is -1.96. The molecule has 0 bridgehead atoms. The zero-order valence-electron chi connectivity index (χ0n) is 9.97. The van der Waals surface area contributed by atoms with E-state index in [1.165, 1.54) is 0 Å². The maximum atomic E-state index is 6.17. The van der Waals surface area contributed by atoms with Crippen LogP contribution in [-0.4, -0.2) is 9.97 Å². The Bertz CT molecular complexity index is 725. The summed E-state index contributed by atoms with van der Waals surface area (Å²) in [5.74, 6) is 1.23. The number of anilines is 3. The summed E-state index contributed by atoms with van der Waals surface area (Å²) in [6.45, 7) is 0. The zero-order valence-corrected chi connectivity index (χ0v) is 10.7. The first-order chi connectivity index (χ1) is 9.24. The number of nitrogens with zero attached hydrogens (tertiary/aromatic N) is 2. The first-order valence-electron chi connectivity index (χ1n) is 5.76. The number of pyridine rings is 2. The molecular formula is C14H11ClN4. The van der Waals surface area contributed by atoms with Crippen LogP contribution in [0.25, 0.3) is 10.8 Å². The molecular weight excluding hydrogens is 260 g/mol. The van der Waals surface area contributed by atoms with Crippen LogP contribution in [0.4, 0.5) is 17.3 Å². The topological polar surface area (TPSA) is 63.8 Å². The molecule has 0 saturated heterocycles. The number of rotatable bonds is 2. The zero-order chi connectivity index (χ0) is 13.2. The number of nitrogens with one attached hydrogen (secondary N) is 1. The van der Waals surface area contributed by atoms with Gasteiger partial charge in [0.25, 0.3) is 0 Å². The fourth-order valence-corrected chi connectivity index (χ4v) is 2.12. The summed E-state index contributed by atoms with van der Waals surface area (Å²) < 4.78 is 0. The predicted octanol–water partition coefficient (Wildman–Crippen LogP) is 3.61. The molecule has 0 aliphatic rings. The number of nitrogens with two attached hydrogens (primary N) is 1. The number of fused-ring (bicyclic) bond motifs is 1. The molecule has 2 aromatic heterocycles. The molecule has 0 saturated carbocycles. The van der Waals surface area contributed by atoms with Crippen molar-refractivity contribution in [3.05, 3.63) is 53.8 Å². The highest BCUT2D eigenvalue weighted by Crippen LogP contribution is 2.28. The highest BCUT2D eigenvalue weighted by Gasteiger charge is 2.05. The van der Waals surface area contributed by atoms with Crippen LogP contribution in [0.2, 0.25) is 5.02 Å². The van der Waals surface area contributed by atoms with Crippen LogP contribution in [-0.2, 0) is 0 Å². The summed E-state index contributed by atoms with van der Waals surface area (Å²) in [5, 5.41) is 5.85. The molecule has 0 atom stereocenters. The van der Waals surface area contributed by atoms with Gasteiger partial charge in [-0.2, -0.15) is 0 Å². The molecule has 0 amide bonds.